The van der Waals surface area contributed by atoms with Crippen LogP contribution >= 0.6 is 11.8 Å². The molecule has 4 aromatic rings. The lowest BCUT2D eigenvalue weighted by Gasteiger charge is -2.29. The first-order valence-electron chi connectivity index (χ1n) is 9.38. The minimum Gasteiger partial charge on any atom is -0.461 e. The van der Waals surface area contributed by atoms with Gasteiger partial charge in [0.15, 0.2) is 5.76 Å². The molecule has 1 amide bonds. The van der Waals surface area contributed by atoms with E-state index in [1.54, 1.807) is 23.3 Å². The lowest BCUT2D eigenvalue weighted by molar-refractivity contribution is -0.128. The summed E-state index contributed by atoms with van der Waals surface area (Å²) >= 11 is 1.24. The van der Waals surface area contributed by atoms with Crippen LogP contribution in [0.15, 0.2) is 88.6 Å². The van der Waals surface area contributed by atoms with Gasteiger partial charge in [-0.3, -0.25) is 4.79 Å². The molecule has 2 aromatic heterocycles. The first-order chi connectivity index (χ1) is 14.6. The molecular formula is C22H21N5O2S. The summed E-state index contributed by atoms with van der Waals surface area (Å²) in [5, 5.41) is 8.59. The highest BCUT2D eigenvalue weighted by Gasteiger charge is 2.24. The maximum Gasteiger partial charge on any atom is 0.233 e. The van der Waals surface area contributed by atoms with Gasteiger partial charge in [-0.25, -0.2) is 4.68 Å². The van der Waals surface area contributed by atoms with Crippen molar-refractivity contribution in [2.24, 2.45) is 0 Å². The van der Waals surface area contributed by atoms with Gasteiger partial charge in [0, 0.05) is 7.05 Å². The van der Waals surface area contributed by atoms with Crippen molar-refractivity contribution in [2.45, 2.75) is 11.2 Å². The molecule has 152 valence electrons. The molecule has 8 heteroatoms. The van der Waals surface area contributed by atoms with Crippen LogP contribution in [-0.2, 0) is 4.79 Å². The SMILES string of the molecule is CN(C(=O)CSc1nnc(-c2ccco2)n1N)C(c1ccccc1)c1ccccc1. The number of aromatic nitrogens is 3. The van der Waals surface area contributed by atoms with E-state index in [0.717, 1.165) is 11.1 Å². The first-order valence-corrected chi connectivity index (χ1v) is 10.4. The van der Waals surface area contributed by atoms with Gasteiger partial charge in [-0.05, 0) is 23.3 Å². The average molecular weight is 420 g/mol. The van der Waals surface area contributed by atoms with E-state index in [9.17, 15) is 4.79 Å². The molecule has 0 atom stereocenters. The van der Waals surface area contributed by atoms with Crippen LogP contribution in [0.2, 0.25) is 0 Å². The maximum absolute atomic E-state index is 13.0. The van der Waals surface area contributed by atoms with Crippen LogP contribution < -0.4 is 5.84 Å². The van der Waals surface area contributed by atoms with Crippen LogP contribution in [0.3, 0.4) is 0 Å². The van der Waals surface area contributed by atoms with Gasteiger partial charge < -0.3 is 15.2 Å². The van der Waals surface area contributed by atoms with Gasteiger partial charge in [-0.15, -0.1) is 10.2 Å². The topological polar surface area (TPSA) is 90.2 Å². The number of hydrogen-bond acceptors (Lipinski definition) is 6. The molecule has 0 aliphatic carbocycles. The molecule has 30 heavy (non-hydrogen) atoms. The Labute approximate surface area is 178 Å². The Hall–Kier alpha value is -3.52. The van der Waals surface area contributed by atoms with Crippen LogP contribution in [0, 0.1) is 0 Å². The highest BCUT2D eigenvalue weighted by atomic mass is 32.2. The van der Waals surface area contributed by atoms with Gasteiger partial charge in [0.05, 0.1) is 18.1 Å². The van der Waals surface area contributed by atoms with Gasteiger partial charge in [0.25, 0.3) is 0 Å². The predicted octanol–water partition coefficient (Wildman–Crippen LogP) is 3.59. The second kappa shape index (κ2) is 8.87. The van der Waals surface area contributed by atoms with Crippen LogP contribution in [0.4, 0.5) is 0 Å². The fourth-order valence-corrected chi connectivity index (χ4v) is 4.01. The summed E-state index contributed by atoms with van der Waals surface area (Å²) in [5.74, 6) is 7.16. The van der Waals surface area contributed by atoms with Crippen LogP contribution in [0.1, 0.15) is 17.2 Å². The number of nitrogens with two attached hydrogens (primary N) is 1. The van der Waals surface area contributed by atoms with E-state index in [1.165, 1.54) is 16.4 Å². The molecule has 0 radical (unpaired) electrons. The number of amides is 1. The normalized spacial score (nSPS) is 11.0. The summed E-state index contributed by atoms with van der Waals surface area (Å²) in [7, 11) is 1.81. The smallest absolute Gasteiger partial charge is 0.233 e. The van der Waals surface area contributed by atoms with Crippen LogP contribution in [0.5, 0.6) is 0 Å². The standard InChI is InChI=1S/C22H21N5O2S/c1-26(20(16-9-4-2-5-10-16)17-11-6-3-7-12-17)19(28)15-30-22-25-24-21(27(22)23)18-13-8-14-29-18/h2-14,20H,15,23H2,1H3. The average Bonchev–Trinajstić information content (AvgIpc) is 3.43. The van der Waals surface area contributed by atoms with Gasteiger partial charge >= 0.3 is 0 Å². The summed E-state index contributed by atoms with van der Waals surface area (Å²) < 4.78 is 6.66. The number of thioether (sulfide) groups is 1. The number of nitrogen functional groups attached to an aromatic ring is 1. The Kier molecular flexibility index (Phi) is 5.85. The highest BCUT2D eigenvalue weighted by molar-refractivity contribution is 7.99. The molecule has 4 rings (SSSR count). The summed E-state index contributed by atoms with van der Waals surface area (Å²) in [6.07, 6.45) is 1.54. The number of carbonyl (C=O) groups is 1. The van der Waals surface area contributed by atoms with E-state index in [-0.39, 0.29) is 17.7 Å². The Morgan fingerprint density at radius 3 is 2.23 bits per heavy atom. The zero-order valence-electron chi connectivity index (χ0n) is 16.4. The van der Waals surface area contributed by atoms with Gasteiger partial charge in [0.2, 0.25) is 16.9 Å². The van der Waals surface area contributed by atoms with Crippen molar-refractivity contribution < 1.29 is 9.21 Å². The van der Waals surface area contributed by atoms with Crippen molar-refractivity contribution in [1.29, 1.82) is 0 Å². The molecule has 2 aromatic carbocycles. The third kappa shape index (κ3) is 4.08. The first kappa shape index (κ1) is 19.8. The molecular weight excluding hydrogens is 398 g/mol. The third-order valence-electron chi connectivity index (χ3n) is 4.74. The fraction of sp³-hybridized carbons (Fsp3) is 0.136. The Balaban J connectivity index is 1.51. The Morgan fingerprint density at radius 1 is 1.03 bits per heavy atom. The fourth-order valence-electron chi connectivity index (χ4n) is 3.23. The summed E-state index contributed by atoms with van der Waals surface area (Å²) in [6, 6.07) is 23.3. The largest absolute Gasteiger partial charge is 0.461 e. The lowest BCUT2D eigenvalue weighted by Crippen LogP contribution is -2.33. The second-order valence-electron chi connectivity index (χ2n) is 6.67. The number of furan rings is 1. The van der Waals surface area contributed by atoms with Crippen LogP contribution in [-0.4, -0.2) is 38.5 Å². The van der Waals surface area contributed by atoms with Crippen LogP contribution in [0.25, 0.3) is 11.6 Å². The number of benzene rings is 2. The summed E-state index contributed by atoms with van der Waals surface area (Å²) in [5.41, 5.74) is 2.10. The van der Waals surface area contributed by atoms with Crippen molar-refractivity contribution >= 4 is 17.7 Å². The number of carbonyl (C=O) groups excluding carboxylic acids is 1. The summed E-state index contributed by atoms with van der Waals surface area (Å²) in [4.78, 5) is 14.8. The van der Waals surface area contributed by atoms with E-state index < -0.39 is 0 Å². The minimum absolute atomic E-state index is 0.0414. The molecule has 0 aliphatic rings. The number of nitrogens with zero attached hydrogens (tertiary/aromatic N) is 4. The number of rotatable bonds is 7. The van der Waals surface area contributed by atoms with E-state index in [1.807, 2.05) is 67.7 Å². The van der Waals surface area contributed by atoms with Gasteiger partial charge in [-0.2, -0.15) is 0 Å². The molecule has 0 fully saturated rings. The number of hydrogen-bond donors (Lipinski definition) is 1. The maximum atomic E-state index is 13.0. The van der Waals surface area contributed by atoms with Crippen molar-refractivity contribution in [2.75, 3.05) is 18.6 Å². The van der Waals surface area contributed by atoms with E-state index >= 15 is 0 Å². The van der Waals surface area contributed by atoms with Gasteiger partial charge in [0.1, 0.15) is 0 Å². The van der Waals surface area contributed by atoms with Crippen molar-refractivity contribution in [3.8, 4) is 11.6 Å². The van der Waals surface area contributed by atoms with E-state index in [4.69, 9.17) is 10.3 Å². The molecule has 0 spiro atoms. The molecule has 0 saturated heterocycles. The third-order valence-corrected chi connectivity index (χ3v) is 5.67. The molecule has 0 saturated carbocycles. The van der Waals surface area contributed by atoms with Crippen molar-refractivity contribution in [1.82, 2.24) is 19.8 Å². The highest BCUT2D eigenvalue weighted by Crippen LogP contribution is 2.29. The van der Waals surface area contributed by atoms with Crippen molar-refractivity contribution in [3.63, 3.8) is 0 Å². The molecule has 2 heterocycles. The zero-order chi connectivity index (χ0) is 20.9. The monoisotopic (exact) mass is 419 g/mol. The molecule has 0 bridgehead atoms. The quantitative estimate of drug-likeness (QED) is 0.364. The minimum atomic E-state index is -0.185. The summed E-state index contributed by atoms with van der Waals surface area (Å²) in [6.45, 7) is 0. The Bertz CT molecular complexity index is 1060. The second-order valence-corrected chi connectivity index (χ2v) is 7.61. The van der Waals surface area contributed by atoms with Gasteiger partial charge in [-0.1, -0.05) is 72.4 Å². The molecule has 2 N–H and O–H groups in total. The molecule has 7 nitrogen and oxygen atoms in total. The lowest BCUT2D eigenvalue weighted by atomic mass is 9.97. The molecule has 0 unspecified atom stereocenters. The van der Waals surface area contributed by atoms with Crippen molar-refractivity contribution in [3.05, 3.63) is 90.2 Å². The Morgan fingerprint density at radius 2 is 1.67 bits per heavy atom. The zero-order valence-corrected chi connectivity index (χ0v) is 17.2. The van der Waals surface area contributed by atoms with E-state index in [0.29, 0.717) is 16.7 Å². The predicted molar refractivity (Wildman–Crippen MR) is 116 cm³/mol. The van der Waals surface area contributed by atoms with E-state index in [2.05, 4.69) is 10.2 Å². The molecule has 0 aliphatic heterocycles.